The molecule has 0 aliphatic carbocycles. The minimum atomic E-state index is -0.354. The first kappa shape index (κ1) is 13.3. The number of nitrogens with one attached hydrogen (secondary N) is 1. The second kappa shape index (κ2) is 5.76. The molecule has 0 bridgehead atoms. The third-order valence-electron chi connectivity index (χ3n) is 2.58. The summed E-state index contributed by atoms with van der Waals surface area (Å²) in [6.45, 7) is 0. The molecule has 8 heteroatoms. The van der Waals surface area contributed by atoms with Crippen molar-refractivity contribution in [3.63, 3.8) is 0 Å². The Balaban J connectivity index is 2.06. The fourth-order valence-electron chi connectivity index (χ4n) is 1.71. The number of amides is 1. The Labute approximate surface area is 124 Å². The van der Waals surface area contributed by atoms with Crippen molar-refractivity contribution in [1.29, 1.82) is 0 Å². The number of anilines is 1. The minimum absolute atomic E-state index is 0.156. The molecule has 0 spiro atoms. The van der Waals surface area contributed by atoms with E-state index in [4.69, 9.17) is 16.0 Å². The van der Waals surface area contributed by atoms with Gasteiger partial charge in [0.15, 0.2) is 17.4 Å². The van der Waals surface area contributed by atoms with Gasteiger partial charge in [0.1, 0.15) is 11.7 Å². The molecule has 3 rings (SSSR count). The van der Waals surface area contributed by atoms with Crippen LogP contribution in [0.15, 0.2) is 47.3 Å². The molecular formula is C13H10ClN5O2. The molecule has 0 aromatic carbocycles. The Bertz CT molecular complexity index is 688. The Hall–Kier alpha value is -2.67. The van der Waals surface area contributed by atoms with Gasteiger partial charge in [0.25, 0.3) is 0 Å². The Morgan fingerprint density at radius 3 is 2.95 bits per heavy atom. The highest BCUT2D eigenvalue weighted by atomic mass is 35.5. The van der Waals surface area contributed by atoms with E-state index in [0.717, 1.165) is 0 Å². The van der Waals surface area contributed by atoms with Crippen LogP contribution in [0.3, 0.4) is 0 Å². The second-order valence-corrected chi connectivity index (χ2v) is 4.31. The number of hydrogen-bond donors (Lipinski definition) is 1. The van der Waals surface area contributed by atoms with Crippen molar-refractivity contribution in [3.8, 4) is 17.4 Å². The average Bonchev–Trinajstić information content (AvgIpc) is 3.20. The normalized spacial score (nSPS) is 10.5. The lowest BCUT2D eigenvalue weighted by Gasteiger charge is -2.07. The first-order valence-electron chi connectivity index (χ1n) is 6.05. The summed E-state index contributed by atoms with van der Waals surface area (Å²) < 4.78 is 6.84. The lowest BCUT2D eigenvalue weighted by atomic mass is 10.4. The van der Waals surface area contributed by atoms with Gasteiger partial charge in [-0.25, -0.2) is 14.6 Å². The molecule has 0 atom stereocenters. The molecule has 1 N–H and O–H groups in total. The number of halogens is 1. The summed E-state index contributed by atoms with van der Waals surface area (Å²) in [6.07, 6.45) is 4.89. The highest BCUT2D eigenvalue weighted by molar-refractivity contribution is 6.29. The number of rotatable bonds is 4. The van der Waals surface area contributed by atoms with E-state index in [0.29, 0.717) is 23.2 Å². The maximum atomic E-state index is 11.4. The molecule has 1 amide bonds. The van der Waals surface area contributed by atoms with Crippen LogP contribution in [0, 0.1) is 0 Å². The van der Waals surface area contributed by atoms with Gasteiger partial charge >= 0.3 is 0 Å². The van der Waals surface area contributed by atoms with Crippen molar-refractivity contribution in [2.75, 3.05) is 11.2 Å². The molecular weight excluding hydrogens is 294 g/mol. The molecule has 3 heterocycles. The lowest BCUT2D eigenvalue weighted by Crippen LogP contribution is -2.15. The van der Waals surface area contributed by atoms with Gasteiger partial charge in [0.05, 0.1) is 6.26 Å². The molecule has 106 valence electrons. The summed E-state index contributed by atoms with van der Waals surface area (Å²) >= 11 is 5.49. The van der Waals surface area contributed by atoms with E-state index in [-0.39, 0.29) is 11.8 Å². The van der Waals surface area contributed by atoms with Gasteiger partial charge in [0.2, 0.25) is 5.91 Å². The molecule has 0 radical (unpaired) electrons. The van der Waals surface area contributed by atoms with Gasteiger partial charge in [-0.1, -0.05) is 0 Å². The summed E-state index contributed by atoms with van der Waals surface area (Å²) in [5.41, 5.74) is 0. The molecule has 0 aliphatic rings. The average molecular weight is 304 g/mol. The summed E-state index contributed by atoms with van der Waals surface area (Å²) in [5.74, 6) is 1.16. The summed E-state index contributed by atoms with van der Waals surface area (Å²) in [4.78, 5) is 20.0. The number of hydrogen-bond acceptors (Lipinski definition) is 5. The zero-order valence-electron chi connectivity index (χ0n) is 10.7. The minimum Gasteiger partial charge on any atom is -0.461 e. The fraction of sp³-hybridized carbons (Fsp3) is 0.0769. The molecule has 3 aromatic rings. The Morgan fingerprint density at radius 2 is 2.29 bits per heavy atom. The Morgan fingerprint density at radius 1 is 1.38 bits per heavy atom. The first-order valence-corrected chi connectivity index (χ1v) is 6.58. The van der Waals surface area contributed by atoms with Gasteiger partial charge in [-0.05, 0) is 18.2 Å². The maximum absolute atomic E-state index is 11.4. The first-order chi connectivity index (χ1) is 10.3. The molecule has 0 aliphatic heterocycles. The maximum Gasteiger partial charge on any atom is 0.240 e. The van der Waals surface area contributed by atoms with Crippen molar-refractivity contribution >= 4 is 23.3 Å². The van der Waals surface area contributed by atoms with Crippen LogP contribution in [-0.4, -0.2) is 31.5 Å². The van der Waals surface area contributed by atoms with E-state index in [1.54, 1.807) is 41.3 Å². The van der Waals surface area contributed by atoms with Crippen LogP contribution < -0.4 is 5.32 Å². The number of aromatic nitrogens is 4. The highest BCUT2D eigenvalue weighted by Gasteiger charge is 2.12. The van der Waals surface area contributed by atoms with E-state index < -0.39 is 0 Å². The van der Waals surface area contributed by atoms with Crippen LogP contribution in [0.1, 0.15) is 0 Å². The van der Waals surface area contributed by atoms with Crippen molar-refractivity contribution < 1.29 is 9.21 Å². The van der Waals surface area contributed by atoms with Crippen LogP contribution in [0.4, 0.5) is 5.82 Å². The van der Waals surface area contributed by atoms with Crippen LogP contribution in [0.25, 0.3) is 17.4 Å². The van der Waals surface area contributed by atoms with E-state index in [2.05, 4.69) is 20.4 Å². The number of carbonyl (C=O) groups is 1. The standard InChI is InChI=1S/C13H10ClN5O2/c14-8-12(20)16-10-7-11(19-5-2-4-15-19)18-13(17-10)9-3-1-6-21-9/h1-7H,8H2,(H,16,17,18,20). The zero-order chi connectivity index (χ0) is 14.7. The van der Waals surface area contributed by atoms with Gasteiger partial charge in [-0.15, -0.1) is 11.6 Å². The predicted octanol–water partition coefficient (Wildman–Crippen LogP) is 2.10. The third kappa shape index (κ3) is 2.92. The van der Waals surface area contributed by atoms with Crippen molar-refractivity contribution in [2.45, 2.75) is 0 Å². The lowest BCUT2D eigenvalue weighted by molar-refractivity contribution is -0.113. The van der Waals surface area contributed by atoms with Crippen molar-refractivity contribution in [1.82, 2.24) is 19.7 Å². The van der Waals surface area contributed by atoms with E-state index >= 15 is 0 Å². The molecule has 0 fully saturated rings. The summed E-state index contributed by atoms with van der Waals surface area (Å²) in [5, 5.41) is 6.70. The van der Waals surface area contributed by atoms with Crippen LogP contribution in [0.5, 0.6) is 0 Å². The van der Waals surface area contributed by atoms with Gasteiger partial charge in [-0.2, -0.15) is 5.10 Å². The Kier molecular flexibility index (Phi) is 3.65. The van der Waals surface area contributed by atoms with E-state index in [1.807, 2.05) is 0 Å². The van der Waals surface area contributed by atoms with Crippen LogP contribution >= 0.6 is 11.6 Å². The van der Waals surface area contributed by atoms with E-state index in [9.17, 15) is 4.79 Å². The van der Waals surface area contributed by atoms with Gasteiger partial charge < -0.3 is 9.73 Å². The molecule has 7 nitrogen and oxygen atoms in total. The van der Waals surface area contributed by atoms with Crippen molar-refractivity contribution in [2.24, 2.45) is 0 Å². The monoisotopic (exact) mass is 303 g/mol. The second-order valence-electron chi connectivity index (χ2n) is 4.04. The molecule has 0 saturated carbocycles. The van der Waals surface area contributed by atoms with E-state index in [1.165, 1.54) is 6.26 Å². The zero-order valence-corrected chi connectivity index (χ0v) is 11.5. The van der Waals surface area contributed by atoms with Crippen molar-refractivity contribution in [3.05, 3.63) is 42.9 Å². The third-order valence-corrected chi connectivity index (χ3v) is 2.82. The number of furan rings is 1. The molecule has 0 unspecified atom stereocenters. The number of alkyl halides is 1. The van der Waals surface area contributed by atoms with Gasteiger partial charge in [-0.3, -0.25) is 4.79 Å². The van der Waals surface area contributed by atoms with Crippen LogP contribution in [-0.2, 0) is 4.79 Å². The number of nitrogens with zero attached hydrogens (tertiary/aromatic N) is 4. The molecule has 3 aromatic heterocycles. The highest BCUT2D eigenvalue weighted by Crippen LogP contribution is 2.20. The molecule has 21 heavy (non-hydrogen) atoms. The van der Waals surface area contributed by atoms with Gasteiger partial charge in [0, 0.05) is 18.5 Å². The summed E-state index contributed by atoms with van der Waals surface area (Å²) in [6, 6.07) is 6.83. The topological polar surface area (TPSA) is 85.8 Å². The quantitative estimate of drug-likeness (QED) is 0.746. The predicted molar refractivity (Wildman–Crippen MR) is 76.2 cm³/mol. The van der Waals surface area contributed by atoms with Crippen LogP contribution in [0.2, 0.25) is 0 Å². The molecule has 0 saturated heterocycles. The largest absolute Gasteiger partial charge is 0.461 e. The smallest absolute Gasteiger partial charge is 0.240 e. The SMILES string of the molecule is O=C(CCl)Nc1cc(-n2cccn2)nc(-c2ccco2)n1. The summed E-state index contributed by atoms with van der Waals surface area (Å²) in [7, 11) is 0. The number of carbonyl (C=O) groups excluding carboxylic acids is 1. The fourth-order valence-corrected chi connectivity index (χ4v) is 1.78.